The fourth-order valence-electron chi connectivity index (χ4n) is 1.15. The first-order valence-corrected chi connectivity index (χ1v) is 4.80. The van der Waals surface area contributed by atoms with Crippen molar-refractivity contribution in [2.24, 2.45) is 26.9 Å². The second kappa shape index (κ2) is 5.69. The van der Waals surface area contributed by atoms with Gasteiger partial charge in [0.1, 0.15) is 0 Å². The number of anilines is 1. The van der Waals surface area contributed by atoms with Crippen LogP contribution in [0.3, 0.4) is 0 Å². The van der Waals surface area contributed by atoms with Crippen molar-refractivity contribution in [3.05, 3.63) is 29.8 Å². The number of nitrogens with zero attached hydrogens (tertiary/aromatic N) is 4. The molecule has 1 rings (SSSR count). The summed E-state index contributed by atoms with van der Waals surface area (Å²) in [5.74, 6) is 4.89. The fraction of sp³-hybridized carbons (Fsp3) is 0.300. The lowest BCUT2D eigenvalue weighted by Crippen LogP contribution is -2.10. The van der Waals surface area contributed by atoms with Gasteiger partial charge >= 0.3 is 0 Å². The molecule has 0 fully saturated rings. The average molecular weight is 220 g/mol. The van der Waals surface area contributed by atoms with E-state index in [4.69, 9.17) is 11.6 Å². The maximum Gasteiger partial charge on any atom is 0.255 e. The van der Waals surface area contributed by atoms with Gasteiger partial charge < -0.3 is 16.5 Å². The summed E-state index contributed by atoms with van der Waals surface area (Å²) in [6.07, 6.45) is 0. The highest BCUT2D eigenvalue weighted by Gasteiger charge is 1.96. The number of hydrogen-bond donors (Lipinski definition) is 2. The molecule has 4 N–H and O–H groups in total. The SMILES string of the molecule is CN(C)c1cccc(CN=NC(N)=NN)c1. The molecule has 0 unspecified atom stereocenters. The lowest BCUT2D eigenvalue weighted by Gasteiger charge is -2.12. The molecule has 0 aliphatic carbocycles. The van der Waals surface area contributed by atoms with Gasteiger partial charge in [0.25, 0.3) is 5.96 Å². The molecule has 0 atom stereocenters. The van der Waals surface area contributed by atoms with Gasteiger partial charge in [-0.05, 0) is 17.7 Å². The summed E-state index contributed by atoms with van der Waals surface area (Å²) in [6, 6.07) is 8.01. The molecular formula is C10H16N6. The molecule has 6 nitrogen and oxygen atoms in total. The van der Waals surface area contributed by atoms with Crippen molar-refractivity contribution in [1.82, 2.24) is 0 Å². The van der Waals surface area contributed by atoms with Gasteiger partial charge in [0.05, 0.1) is 6.54 Å². The lowest BCUT2D eigenvalue weighted by atomic mass is 10.2. The van der Waals surface area contributed by atoms with E-state index in [1.54, 1.807) is 0 Å². The van der Waals surface area contributed by atoms with Crippen LogP contribution in [-0.2, 0) is 6.54 Å². The number of nitrogens with two attached hydrogens (primary N) is 2. The van der Waals surface area contributed by atoms with E-state index in [2.05, 4.69) is 15.3 Å². The zero-order chi connectivity index (χ0) is 12.0. The number of azo groups is 1. The van der Waals surface area contributed by atoms with Gasteiger partial charge in [0, 0.05) is 19.8 Å². The zero-order valence-electron chi connectivity index (χ0n) is 9.46. The second-order valence-corrected chi connectivity index (χ2v) is 3.45. The number of rotatable bonds is 3. The molecule has 0 bridgehead atoms. The molecule has 0 aliphatic rings. The van der Waals surface area contributed by atoms with E-state index in [0.29, 0.717) is 6.54 Å². The molecule has 6 heteroatoms. The Hall–Kier alpha value is -2.11. The summed E-state index contributed by atoms with van der Waals surface area (Å²) in [6.45, 7) is 0.456. The summed E-state index contributed by atoms with van der Waals surface area (Å²) < 4.78 is 0. The zero-order valence-corrected chi connectivity index (χ0v) is 9.46. The molecule has 0 aromatic heterocycles. The molecule has 0 aliphatic heterocycles. The molecule has 0 amide bonds. The van der Waals surface area contributed by atoms with Crippen molar-refractivity contribution in [2.45, 2.75) is 6.54 Å². The first-order chi connectivity index (χ1) is 7.63. The highest BCUT2D eigenvalue weighted by molar-refractivity contribution is 5.77. The van der Waals surface area contributed by atoms with Crippen molar-refractivity contribution in [2.75, 3.05) is 19.0 Å². The minimum Gasteiger partial charge on any atom is -0.378 e. The molecule has 0 spiro atoms. The minimum atomic E-state index is -0.0243. The molecule has 0 saturated carbocycles. The maximum absolute atomic E-state index is 5.27. The van der Waals surface area contributed by atoms with E-state index in [-0.39, 0.29) is 5.96 Å². The third-order valence-electron chi connectivity index (χ3n) is 1.99. The van der Waals surface area contributed by atoms with E-state index in [1.165, 1.54) is 0 Å². The number of guanidine groups is 1. The van der Waals surface area contributed by atoms with Gasteiger partial charge in [-0.3, -0.25) is 0 Å². The van der Waals surface area contributed by atoms with Crippen LogP contribution < -0.4 is 16.5 Å². The second-order valence-electron chi connectivity index (χ2n) is 3.45. The van der Waals surface area contributed by atoms with Crippen LogP contribution in [0.2, 0.25) is 0 Å². The first kappa shape index (κ1) is 12.0. The van der Waals surface area contributed by atoms with Gasteiger partial charge in [-0.15, -0.1) is 10.2 Å². The van der Waals surface area contributed by atoms with Gasteiger partial charge in [0.15, 0.2) is 0 Å². The first-order valence-electron chi connectivity index (χ1n) is 4.80. The van der Waals surface area contributed by atoms with E-state index in [1.807, 2.05) is 43.3 Å². The largest absolute Gasteiger partial charge is 0.378 e. The van der Waals surface area contributed by atoms with E-state index in [0.717, 1.165) is 11.3 Å². The molecule has 0 heterocycles. The van der Waals surface area contributed by atoms with Crippen LogP contribution in [0.5, 0.6) is 0 Å². The van der Waals surface area contributed by atoms with Crippen molar-refractivity contribution < 1.29 is 0 Å². The highest BCUT2D eigenvalue weighted by atomic mass is 15.3. The predicted octanol–water partition coefficient (Wildman–Crippen LogP) is 0.893. The molecule has 16 heavy (non-hydrogen) atoms. The number of hydrazone groups is 1. The van der Waals surface area contributed by atoms with Crippen LogP contribution >= 0.6 is 0 Å². The van der Waals surface area contributed by atoms with Crippen LogP contribution in [0, 0.1) is 0 Å². The van der Waals surface area contributed by atoms with E-state index < -0.39 is 0 Å². The molecular weight excluding hydrogens is 204 g/mol. The topological polar surface area (TPSA) is 92.4 Å². The van der Waals surface area contributed by atoms with Crippen molar-refractivity contribution in [1.29, 1.82) is 0 Å². The molecule has 0 radical (unpaired) electrons. The Bertz CT molecular complexity index is 396. The smallest absolute Gasteiger partial charge is 0.255 e. The van der Waals surface area contributed by atoms with Crippen LogP contribution in [0.1, 0.15) is 5.56 Å². The van der Waals surface area contributed by atoms with Gasteiger partial charge in [-0.25, -0.2) is 0 Å². The Morgan fingerprint density at radius 3 is 2.75 bits per heavy atom. The molecule has 1 aromatic rings. The van der Waals surface area contributed by atoms with Crippen LogP contribution in [0.4, 0.5) is 5.69 Å². The number of benzene rings is 1. The van der Waals surface area contributed by atoms with Gasteiger partial charge in [0.2, 0.25) is 0 Å². The predicted molar refractivity (Wildman–Crippen MR) is 65.1 cm³/mol. The monoisotopic (exact) mass is 220 g/mol. The lowest BCUT2D eigenvalue weighted by molar-refractivity contribution is 0.959. The summed E-state index contributed by atoms with van der Waals surface area (Å²) >= 11 is 0. The van der Waals surface area contributed by atoms with Crippen LogP contribution in [0.25, 0.3) is 0 Å². The Balaban J connectivity index is 2.68. The van der Waals surface area contributed by atoms with Crippen molar-refractivity contribution in [3.63, 3.8) is 0 Å². The van der Waals surface area contributed by atoms with E-state index in [9.17, 15) is 0 Å². The third kappa shape index (κ3) is 3.56. The Morgan fingerprint density at radius 1 is 1.38 bits per heavy atom. The summed E-state index contributed by atoms with van der Waals surface area (Å²) in [5, 5.41) is 10.7. The van der Waals surface area contributed by atoms with Crippen molar-refractivity contribution >= 4 is 11.6 Å². The fourth-order valence-corrected chi connectivity index (χ4v) is 1.15. The van der Waals surface area contributed by atoms with Crippen LogP contribution in [-0.4, -0.2) is 20.1 Å². The minimum absolute atomic E-state index is 0.0243. The molecule has 86 valence electrons. The molecule has 0 saturated heterocycles. The Kier molecular flexibility index (Phi) is 4.26. The summed E-state index contributed by atoms with van der Waals surface area (Å²) in [7, 11) is 3.97. The summed E-state index contributed by atoms with van der Waals surface area (Å²) in [4.78, 5) is 2.02. The third-order valence-corrected chi connectivity index (χ3v) is 1.99. The number of hydrogen-bond acceptors (Lipinski definition) is 4. The average Bonchev–Trinajstić information content (AvgIpc) is 2.29. The highest BCUT2D eigenvalue weighted by Crippen LogP contribution is 2.13. The van der Waals surface area contributed by atoms with Gasteiger partial charge in [-0.1, -0.05) is 12.1 Å². The Morgan fingerprint density at radius 2 is 2.12 bits per heavy atom. The van der Waals surface area contributed by atoms with E-state index >= 15 is 0 Å². The normalized spacial score (nSPS) is 12.0. The standard InChI is InChI=1S/C10H16N6/c1-16(2)9-5-3-4-8(6-9)7-13-15-10(11)14-12/h3-6H,7,12H2,1-2H3,(H2,11,14). The Labute approximate surface area is 94.6 Å². The van der Waals surface area contributed by atoms with Crippen LogP contribution in [0.15, 0.2) is 39.6 Å². The summed E-state index contributed by atoms with van der Waals surface area (Å²) in [5.41, 5.74) is 7.45. The quantitative estimate of drug-likeness (QED) is 0.260. The maximum atomic E-state index is 5.27. The van der Waals surface area contributed by atoms with Gasteiger partial charge in [-0.2, -0.15) is 5.11 Å². The molecule has 1 aromatic carbocycles. The van der Waals surface area contributed by atoms with Crippen molar-refractivity contribution in [3.8, 4) is 0 Å².